The SMILES string of the molecule is N#Cc1cccc(-c2nc(-n3c4ccccc4c4cc5ccccc5cc43)nc3c2sc2ccc(-c4ccccc4)cc23)c1.c1ccc(-c2ccc3oc4c(-c5ccc6c(c5)sc5ccccc56)nc(-n5c6ccccc6c6cc7ccccc7cc65)nc4c3c2)cc1. The Morgan fingerprint density at radius 3 is 1.47 bits per heavy atom. The molecule has 8 nitrogen and oxygen atoms in total. The second-order valence-electron chi connectivity index (χ2n) is 23.6. The van der Waals surface area contributed by atoms with Gasteiger partial charge in [-0.25, -0.2) is 19.9 Å². The first-order chi connectivity index (χ1) is 46.0. The lowest BCUT2D eigenvalue weighted by molar-refractivity contribution is 0.666. The largest absolute Gasteiger partial charge is 0.452 e. The van der Waals surface area contributed by atoms with Gasteiger partial charge in [0.05, 0.1) is 49.6 Å². The van der Waals surface area contributed by atoms with Crippen molar-refractivity contribution in [3.8, 4) is 62.7 Å². The first-order valence-electron chi connectivity index (χ1n) is 30.9. The Hall–Kier alpha value is -12.1. The summed E-state index contributed by atoms with van der Waals surface area (Å²) in [5, 5.41) is 23.7. The molecule has 0 aliphatic heterocycles. The fourth-order valence-corrected chi connectivity index (χ4v) is 16.1. The van der Waals surface area contributed by atoms with Crippen LogP contribution in [-0.4, -0.2) is 29.1 Å². The van der Waals surface area contributed by atoms with Crippen LogP contribution >= 0.6 is 22.7 Å². The lowest BCUT2D eigenvalue weighted by Gasteiger charge is -2.10. The van der Waals surface area contributed by atoms with Crippen LogP contribution in [0.25, 0.3) is 184 Å². The molecule has 0 unspecified atom stereocenters. The number of nitriles is 1. The normalized spacial score (nSPS) is 11.9. The van der Waals surface area contributed by atoms with Gasteiger partial charge in [0.15, 0.2) is 5.58 Å². The van der Waals surface area contributed by atoms with Crippen molar-refractivity contribution in [2.75, 3.05) is 0 Å². The van der Waals surface area contributed by atoms with Crippen LogP contribution in [0.5, 0.6) is 0 Å². The van der Waals surface area contributed by atoms with Gasteiger partial charge in [0.2, 0.25) is 11.9 Å². The predicted molar refractivity (Wildman–Crippen MR) is 387 cm³/mol. The number of aromatic nitrogens is 6. The lowest BCUT2D eigenvalue weighted by Crippen LogP contribution is -2.02. The van der Waals surface area contributed by atoms with Gasteiger partial charge >= 0.3 is 0 Å². The van der Waals surface area contributed by atoms with E-state index in [-0.39, 0.29) is 0 Å². The number of hydrogen-bond donors (Lipinski definition) is 0. The molecular formula is C83H47N7OS2. The molecule has 0 N–H and O–H groups in total. The number of thiophene rings is 2. The zero-order valence-corrected chi connectivity index (χ0v) is 51.1. The van der Waals surface area contributed by atoms with E-state index in [1.165, 1.54) is 58.1 Å². The van der Waals surface area contributed by atoms with E-state index in [1.54, 1.807) is 11.3 Å². The van der Waals surface area contributed by atoms with Gasteiger partial charge in [0.1, 0.15) is 16.8 Å². The first kappa shape index (κ1) is 52.8. The number of nitrogens with zero attached hydrogens (tertiary/aromatic N) is 7. The van der Waals surface area contributed by atoms with Gasteiger partial charge in [-0.15, -0.1) is 22.7 Å². The third-order valence-corrected chi connectivity index (χ3v) is 20.5. The Bertz CT molecular complexity index is 6530. The summed E-state index contributed by atoms with van der Waals surface area (Å²) >= 11 is 3.51. The molecule has 0 atom stereocenters. The molecule has 0 radical (unpaired) electrons. The maximum Gasteiger partial charge on any atom is 0.236 e. The summed E-state index contributed by atoms with van der Waals surface area (Å²) in [6, 6.07) is 102. The number of benzene rings is 13. The summed E-state index contributed by atoms with van der Waals surface area (Å²) in [7, 11) is 0. The highest BCUT2D eigenvalue weighted by atomic mass is 32.1. The van der Waals surface area contributed by atoms with Crippen molar-refractivity contribution in [1.29, 1.82) is 5.26 Å². The van der Waals surface area contributed by atoms with Crippen molar-refractivity contribution in [1.82, 2.24) is 29.1 Å². The third kappa shape index (κ3) is 8.56. The highest BCUT2D eigenvalue weighted by Crippen LogP contribution is 2.45. The molecule has 0 spiro atoms. The Kier molecular flexibility index (Phi) is 11.9. The van der Waals surface area contributed by atoms with Gasteiger partial charge in [-0.2, -0.15) is 5.26 Å². The van der Waals surface area contributed by atoms with E-state index < -0.39 is 0 Å². The minimum absolute atomic E-state index is 0.603. The van der Waals surface area contributed by atoms with E-state index in [9.17, 15) is 5.26 Å². The van der Waals surface area contributed by atoms with E-state index in [4.69, 9.17) is 24.4 Å². The molecule has 0 saturated heterocycles. The molecule has 7 aromatic heterocycles. The van der Waals surface area contributed by atoms with E-state index in [0.717, 1.165) is 109 Å². The molecule has 13 aromatic carbocycles. The fourth-order valence-electron chi connectivity index (χ4n) is 13.8. The molecule has 0 saturated carbocycles. The second kappa shape index (κ2) is 21.0. The molecule has 0 fully saturated rings. The van der Waals surface area contributed by atoms with Crippen LogP contribution in [0.3, 0.4) is 0 Å². The standard InChI is InChI=1S/C44H25N3OS.C39H22N4S/c1-2-10-26(11-3-1)29-19-21-38-35(23-29)42-43(48-38)41(30-18-20-33-32-15-7-9-17-39(32)49-40(33)25-30)45-44(46-42)47-36-16-8-6-14-31(36)34-22-27-12-4-5-13-28(27)24-37(34)47;40-23-24-9-8-14-29(19-24)36-38-37(32-21-28(17-18-35(32)44-38)25-10-2-1-3-11-25)42-39(41-36)43-33-16-7-6-15-30(33)31-20-26-12-4-5-13-27(26)22-34(31)43/h1-25H;1-22H. The summed E-state index contributed by atoms with van der Waals surface area (Å²) in [6.45, 7) is 0. The van der Waals surface area contributed by atoms with Crippen LogP contribution < -0.4 is 0 Å². The van der Waals surface area contributed by atoms with Crippen LogP contribution in [-0.2, 0) is 0 Å². The molecule has 93 heavy (non-hydrogen) atoms. The van der Waals surface area contributed by atoms with Crippen molar-refractivity contribution in [2.24, 2.45) is 0 Å². The average molecular weight is 1220 g/mol. The highest BCUT2D eigenvalue weighted by Gasteiger charge is 2.25. The molecule has 432 valence electrons. The fraction of sp³-hybridized carbons (Fsp3) is 0. The molecule has 0 aliphatic carbocycles. The third-order valence-electron chi connectivity index (χ3n) is 18.2. The van der Waals surface area contributed by atoms with Crippen LogP contribution in [0, 0.1) is 11.3 Å². The summed E-state index contributed by atoms with van der Waals surface area (Å²) in [5.74, 6) is 1.23. The van der Waals surface area contributed by atoms with Gasteiger partial charge in [-0.1, -0.05) is 200 Å². The number of furan rings is 1. The van der Waals surface area contributed by atoms with Crippen LogP contribution in [0.15, 0.2) is 290 Å². The molecular weight excluding hydrogens is 1180 g/mol. The minimum atomic E-state index is 0.603. The lowest BCUT2D eigenvalue weighted by atomic mass is 10.0. The first-order valence-corrected chi connectivity index (χ1v) is 32.5. The van der Waals surface area contributed by atoms with Crippen molar-refractivity contribution >= 4 is 150 Å². The minimum Gasteiger partial charge on any atom is -0.452 e. The topological polar surface area (TPSA) is 98.4 Å². The van der Waals surface area contributed by atoms with Crippen LogP contribution in [0.1, 0.15) is 5.56 Å². The number of fused-ring (bicyclic) bond motifs is 17. The zero-order valence-electron chi connectivity index (χ0n) is 49.5. The van der Waals surface area contributed by atoms with Crippen molar-refractivity contribution < 1.29 is 4.42 Å². The summed E-state index contributed by atoms with van der Waals surface area (Å²) in [5.41, 5.74) is 16.1. The Balaban J connectivity index is 0.000000133. The maximum absolute atomic E-state index is 9.72. The molecule has 20 aromatic rings. The van der Waals surface area contributed by atoms with Crippen molar-refractivity contribution in [3.05, 3.63) is 291 Å². The maximum atomic E-state index is 9.72. The number of hydrogen-bond acceptors (Lipinski definition) is 8. The quantitative estimate of drug-likeness (QED) is 0.164. The Morgan fingerprint density at radius 2 is 0.817 bits per heavy atom. The molecule has 20 rings (SSSR count). The van der Waals surface area contributed by atoms with E-state index in [0.29, 0.717) is 23.0 Å². The monoisotopic (exact) mass is 1220 g/mol. The molecule has 10 heteroatoms. The van der Waals surface area contributed by atoms with Crippen LogP contribution in [0.2, 0.25) is 0 Å². The summed E-state index contributed by atoms with van der Waals surface area (Å²) in [4.78, 5) is 21.4. The van der Waals surface area contributed by atoms with Gasteiger partial charge in [0, 0.05) is 68.3 Å². The smallest absolute Gasteiger partial charge is 0.236 e. The Morgan fingerprint density at radius 1 is 0.312 bits per heavy atom. The molecule has 0 amide bonds. The zero-order chi connectivity index (χ0) is 61.3. The van der Waals surface area contributed by atoms with E-state index in [1.807, 2.05) is 47.7 Å². The van der Waals surface area contributed by atoms with Crippen molar-refractivity contribution in [3.63, 3.8) is 0 Å². The average Bonchev–Trinajstić information content (AvgIpc) is 1.60. The van der Waals surface area contributed by atoms with E-state index >= 15 is 0 Å². The van der Waals surface area contributed by atoms with E-state index in [2.05, 4.69) is 264 Å². The summed E-state index contributed by atoms with van der Waals surface area (Å²) in [6.07, 6.45) is 0. The van der Waals surface area contributed by atoms with Gasteiger partial charge in [0.25, 0.3) is 0 Å². The van der Waals surface area contributed by atoms with Gasteiger partial charge in [-0.05, 0) is 129 Å². The predicted octanol–water partition coefficient (Wildman–Crippen LogP) is 22.6. The van der Waals surface area contributed by atoms with Crippen LogP contribution in [0.4, 0.5) is 0 Å². The van der Waals surface area contributed by atoms with Crippen molar-refractivity contribution in [2.45, 2.75) is 0 Å². The molecule has 7 heterocycles. The number of para-hydroxylation sites is 2. The highest BCUT2D eigenvalue weighted by molar-refractivity contribution is 7.26. The second-order valence-corrected chi connectivity index (χ2v) is 25.7. The number of rotatable bonds is 6. The molecule has 0 bridgehead atoms. The Labute approximate surface area is 539 Å². The van der Waals surface area contributed by atoms with Gasteiger partial charge < -0.3 is 4.42 Å². The summed E-state index contributed by atoms with van der Waals surface area (Å²) < 4.78 is 15.7. The molecule has 0 aliphatic rings. The van der Waals surface area contributed by atoms with Gasteiger partial charge in [-0.3, -0.25) is 9.13 Å².